The number of hydrogen-bond donors (Lipinski definition) is 1. The zero-order valence-electron chi connectivity index (χ0n) is 9.90. The number of nitrogens with zero attached hydrogens (tertiary/aromatic N) is 2. The highest BCUT2D eigenvalue weighted by Gasteiger charge is 2.17. The second kappa shape index (κ2) is 6.51. The number of hydrogen-bond acceptors (Lipinski definition) is 3. The Bertz CT molecular complexity index is 261. The summed E-state index contributed by atoms with van der Waals surface area (Å²) in [5.41, 5.74) is 1.24. The van der Waals surface area contributed by atoms with Crippen LogP contribution in [0.5, 0.6) is 0 Å². The van der Waals surface area contributed by atoms with Crippen LogP contribution in [0.2, 0.25) is 0 Å². The van der Waals surface area contributed by atoms with Gasteiger partial charge < -0.3 is 5.32 Å². The highest BCUT2D eigenvalue weighted by Crippen LogP contribution is 2.24. The van der Waals surface area contributed by atoms with Crippen molar-refractivity contribution >= 4 is 0 Å². The lowest BCUT2D eigenvalue weighted by molar-refractivity contribution is 0.368. The summed E-state index contributed by atoms with van der Waals surface area (Å²) >= 11 is 0. The van der Waals surface area contributed by atoms with E-state index in [1.54, 1.807) is 6.20 Å². The van der Waals surface area contributed by atoms with Crippen LogP contribution in [0.4, 0.5) is 0 Å². The quantitative estimate of drug-likeness (QED) is 0.779. The highest BCUT2D eigenvalue weighted by atomic mass is 15.1. The van der Waals surface area contributed by atoms with Crippen molar-refractivity contribution in [2.45, 2.75) is 39.7 Å². The Kier molecular flexibility index (Phi) is 5.26. The van der Waals surface area contributed by atoms with Gasteiger partial charge in [-0.2, -0.15) is 10.2 Å². The standard InChI is InChI=1S/C12H21N3/c1-4-6-10(3)12(13-5-2)11-7-8-14-15-9-11/h7-10,12-13H,4-6H2,1-3H3. The van der Waals surface area contributed by atoms with Gasteiger partial charge in [-0.15, -0.1) is 0 Å². The summed E-state index contributed by atoms with van der Waals surface area (Å²) in [4.78, 5) is 0. The maximum Gasteiger partial charge on any atom is 0.0544 e. The Hall–Kier alpha value is -0.960. The molecule has 0 saturated carbocycles. The molecule has 1 aromatic rings. The average Bonchev–Trinajstić information content (AvgIpc) is 2.27. The van der Waals surface area contributed by atoms with Gasteiger partial charge in [0.05, 0.1) is 6.20 Å². The van der Waals surface area contributed by atoms with E-state index in [-0.39, 0.29) is 0 Å². The summed E-state index contributed by atoms with van der Waals surface area (Å²) < 4.78 is 0. The minimum atomic E-state index is 0.408. The molecule has 3 nitrogen and oxygen atoms in total. The van der Waals surface area contributed by atoms with Crippen LogP contribution in [0, 0.1) is 5.92 Å². The predicted molar refractivity (Wildman–Crippen MR) is 62.5 cm³/mol. The third-order valence-corrected chi connectivity index (χ3v) is 2.70. The van der Waals surface area contributed by atoms with E-state index >= 15 is 0 Å². The summed E-state index contributed by atoms with van der Waals surface area (Å²) in [6.45, 7) is 7.64. The van der Waals surface area contributed by atoms with Crippen LogP contribution in [0.25, 0.3) is 0 Å². The third kappa shape index (κ3) is 3.59. The molecular formula is C12H21N3. The van der Waals surface area contributed by atoms with Crippen molar-refractivity contribution < 1.29 is 0 Å². The lowest BCUT2D eigenvalue weighted by Crippen LogP contribution is -2.27. The maximum absolute atomic E-state index is 3.94. The first-order valence-corrected chi connectivity index (χ1v) is 5.79. The third-order valence-electron chi connectivity index (χ3n) is 2.70. The van der Waals surface area contributed by atoms with Crippen molar-refractivity contribution in [2.24, 2.45) is 5.92 Å². The summed E-state index contributed by atoms with van der Waals surface area (Å²) in [7, 11) is 0. The van der Waals surface area contributed by atoms with Crippen molar-refractivity contribution in [2.75, 3.05) is 6.54 Å². The summed E-state index contributed by atoms with van der Waals surface area (Å²) in [6, 6.07) is 2.46. The summed E-state index contributed by atoms with van der Waals surface area (Å²) in [6.07, 6.45) is 6.08. The van der Waals surface area contributed by atoms with Crippen molar-refractivity contribution in [1.29, 1.82) is 0 Å². The molecule has 2 unspecified atom stereocenters. The van der Waals surface area contributed by atoms with Gasteiger partial charge in [-0.1, -0.05) is 27.2 Å². The van der Waals surface area contributed by atoms with Crippen LogP contribution in [-0.2, 0) is 0 Å². The van der Waals surface area contributed by atoms with Gasteiger partial charge in [0.25, 0.3) is 0 Å². The lowest BCUT2D eigenvalue weighted by atomic mass is 9.92. The molecule has 1 N–H and O–H groups in total. The fraction of sp³-hybridized carbons (Fsp3) is 0.667. The van der Waals surface area contributed by atoms with E-state index in [1.807, 2.05) is 12.3 Å². The molecule has 0 bridgehead atoms. The van der Waals surface area contributed by atoms with Crippen LogP contribution in [0.15, 0.2) is 18.5 Å². The van der Waals surface area contributed by atoms with E-state index in [1.165, 1.54) is 18.4 Å². The number of rotatable bonds is 6. The van der Waals surface area contributed by atoms with Gasteiger partial charge >= 0.3 is 0 Å². The summed E-state index contributed by atoms with van der Waals surface area (Å²) in [5.74, 6) is 0.638. The van der Waals surface area contributed by atoms with Gasteiger partial charge in [0.2, 0.25) is 0 Å². The van der Waals surface area contributed by atoms with Crippen molar-refractivity contribution in [3.8, 4) is 0 Å². The molecule has 1 heterocycles. The molecule has 0 saturated heterocycles. The topological polar surface area (TPSA) is 37.8 Å². The van der Waals surface area contributed by atoms with E-state index in [0.717, 1.165) is 6.54 Å². The van der Waals surface area contributed by atoms with Gasteiger partial charge in [-0.05, 0) is 30.5 Å². The van der Waals surface area contributed by atoms with Crippen molar-refractivity contribution in [3.63, 3.8) is 0 Å². The molecule has 0 aliphatic rings. The second-order valence-electron chi connectivity index (χ2n) is 3.98. The minimum absolute atomic E-state index is 0.408. The van der Waals surface area contributed by atoms with E-state index in [9.17, 15) is 0 Å². The van der Waals surface area contributed by atoms with Gasteiger partial charge in [-0.25, -0.2) is 0 Å². The van der Waals surface area contributed by atoms with Crippen LogP contribution in [0.1, 0.15) is 45.2 Å². The normalized spacial score (nSPS) is 14.9. The van der Waals surface area contributed by atoms with Gasteiger partial charge in [0, 0.05) is 12.2 Å². The molecular weight excluding hydrogens is 186 g/mol. The van der Waals surface area contributed by atoms with Gasteiger partial charge in [-0.3, -0.25) is 0 Å². The first-order valence-electron chi connectivity index (χ1n) is 5.79. The van der Waals surface area contributed by atoms with Crippen molar-refractivity contribution in [3.05, 3.63) is 24.0 Å². The Morgan fingerprint density at radius 2 is 2.13 bits per heavy atom. The van der Waals surface area contributed by atoms with E-state index in [2.05, 4.69) is 36.3 Å². The van der Waals surface area contributed by atoms with E-state index in [0.29, 0.717) is 12.0 Å². The molecule has 0 aliphatic carbocycles. The fourth-order valence-electron chi connectivity index (χ4n) is 1.97. The molecule has 0 fully saturated rings. The summed E-state index contributed by atoms with van der Waals surface area (Å²) in [5, 5.41) is 11.3. The zero-order chi connectivity index (χ0) is 11.1. The van der Waals surface area contributed by atoms with E-state index in [4.69, 9.17) is 0 Å². The maximum atomic E-state index is 3.94. The molecule has 0 aromatic carbocycles. The van der Waals surface area contributed by atoms with Gasteiger partial charge in [0.15, 0.2) is 0 Å². The Labute approximate surface area is 92.3 Å². The highest BCUT2D eigenvalue weighted by molar-refractivity contribution is 5.12. The Morgan fingerprint density at radius 1 is 1.33 bits per heavy atom. The second-order valence-corrected chi connectivity index (χ2v) is 3.98. The predicted octanol–water partition coefficient (Wildman–Crippen LogP) is 2.56. The molecule has 3 heteroatoms. The molecule has 1 rings (SSSR count). The largest absolute Gasteiger partial charge is 0.310 e. The monoisotopic (exact) mass is 207 g/mol. The van der Waals surface area contributed by atoms with Crippen LogP contribution in [-0.4, -0.2) is 16.7 Å². The molecule has 0 spiro atoms. The van der Waals surface area contributed by atoms with Crippen LogP contribution in [0.3, 0.4) is 0 Å². The van der Waals surface area contributed by atoms with Crippen LogP contribution < -0.4 is 5.32 Å². The molecule has 0 amide bonds. The molecule has 2 atom stereocenters. The molecule has 0 aliphatic heterocycles. The Balaban J connectivity index is 2.73. The molecule has 1 aromatic heterocycles. The lowest BCUT2D eigenvalue weighted by Gasteiger charge is -2.24. The number of nitrogens with one attached hydrogen (secondary N) is 1. The SMILES string of the molecule is CCCC(C)C(NCC)c1ccnnc1. The Morgan fingerprint density at radius 3 is 2.67 bits per heavy atom. The number of aromatic nitrogens is 2. The first-order chi connectivity index (χ1) is 7.29. The van der Waals surface area contributed by atoms with Gasteiger partial charge in [0.1, 0.15) is 0 Å². The smallest absolute Gasteiger partial charge is 0.0544 e. The van der Waals surface area contributed by atoms with Crippen LogP contribution >= 0.6 is 0 Å². The molecule has 0 radical (unpaired) electrons. The molecule has 15 heavy (non-hydrogen) atoms. The minimum Gasteiger partial charge on any atom is -0.310 e. The molecule has 84 valence electrons. The fourth-order valence-corrected chi connectivity index (χ4v) is 1.97. The average molecular weight is 207 g/mol. The van der Waals surface area contributed by atoms with Crippen molar-refractivity contribution in [1.82, 2.24) is 15.5 Å². The first kappa shape index (κ1) is 12.1. The zero-order valence-corrected chi connectivity index (χ0v) is 9.90. The van der Waals surface area contributed by atoms with E-state index < -0.39 is 0 Å².